The van der Waals surface area contributed by atoms with E-state index in [0.717, 1.165) is 23.5 Å². The van der Waals surface area contributed by atoms with Crippen molar-refractivity contribution in [3.63, 3.8) is 0 Å². The third-order valence-electron chi connectivity index (χ3n) is 4.27. The largest absolute Gasteiger partial charge is 0.450 e. The quantitative estimate of drug-likeness (QED) is 0.388. The number of nitrogens with zero attached hydrogens (tertiary/aromatic N) is 1. The topological polar surface area (TPSA) is 104 Å². The maximum atomic E-state index is 13.4. The van der Waals surface area contributed by atoms with Crippen LogP contribution in [-0.2, 0) is 10.5 Å². The van der Waals surface area contributed by atoms with Crippen molar-refractivity contribution in [3.05, 3.63) is 62.3 Å². The second-order valence-electron chi connectivity index (χ2n) is 6.01. The zero-order chi connectivity index (χ0) is 20.7. The van der Waals surface area contributed by atoms with Crippen LogP contribution in [0.2, 0.25) is 0 Å². The number of nitrogens with one attached hydrogen (secondary N) is 2. The number of Topliss-reactive ketones (excluding diaryl/α,β-unsaturated/α-hetero) is 1. The molecule has 1 aromatic heterocycles. The van der Waals surface area contributed by atoms with Crippen LogP contribution < -0.4 is 10.6 Å². The number of non-ortho nitro benzene ring substituents is 1. The van der Waals surface area contributed by atoms with Crippen LogP contribution in [0, 0.1) is 16.0 Å². The second-order valence-corrected chi connectivity index (χ2v) is 7.37. The molecular formula is C16H12F3N3O4S2. The van der Waals surface area contributed by atoms with Gasteiger partial charge in [0.05, 0.1) is 15.8 Å². The number of nitro benzene ring substituents is 1. The van der Waals surface area contributed by atoms with Gasteiger partial charge in [-0.3, -0.25) is 14.9 Å². The molecular weight excluding hydrogens is 419 g/mol. The molecule has 1 aliphatic rings. The molecule has 0 radical (unpaired) electrons. The van der Waals surface area contributed by atoms with Gasteiger partial charge in [0.25, 0.3) is 5.69 Å². The molecule has 28 heavy (non-hydrogen) atoms. The van der Waals surface area contributed by atoms with E-state index in [9.17, 15) is 33.2 Å². The fraction of sp³-hybridized carbons (Fsp3) is 0.250. The molecule has 0 saturated carbocycles. The summed E-state index contributed by atoms with van der Waals surface area (Å²) >= 11 is 5.96. The summed E-state index contributed by atoms with van der Waals surface area (Å²) in [5.41, 5.74) is -2.81. The average Bonchev–Trinajstić information content (AvgIpc) is 3.15. The summed E-state index contributed by atoms with van der Waals surface area (Å²) < 4.78 is 40.1. The van der Waals surface area contributed by atoms with Crippen molar-refractivity contribution in [1.82, 2.24) is 10.6 Å². The number of nitro groups is 1. The Morgan fingerprint density at radius 1 is 1.32 bits per heavy atom. The molecule has 3 unspecified atom stereocenters. The van der Waals surface area contributed by atoms with E-state index in [1.807, 2.05) is 0 Å². The minimum absolute atomic E-state index is 0.00984. The summed E-state index contributed by atoms with van der Waals surface area (Å²) in [6.07, 6.45) is -5.25. The Morgan fingerprint density at radius 2 is 2.04 bits per heavy atom. The molecule has 3 N–H and O–H groups in total. The second kappa shape index (κ2) is 7.11. The standard InChI is InChI=1S/C16H12F3N3O4S2/c17-16(18,19)13(23)11-12(8-3-1-4-9(7-8)22(25)26)20-14(27)21-15(11,24)10-5-2-6-28-10/h1-7,11-12,24H,(H2,20,21,27). The van der Waals surface area contributed by atoms with Gasteiger partial charge >= 0.3 is 6.18 Å². The highest BCUT2D eigenvalue weighted by Crippen LogP contribution is 2.44. The van der Waals surface area contributed by atoms with Gasteiger partial charge in [-0.25, -0.2) is 0 Å². The summed E-state index contributed by atoms with van der Waals surface area (Å²) in [7, 11) is 0. The van der Waals surface area contributed by atoms with Crippen molar-refractivity contribution in [2.45, 2.75) is 17.9 Å². The lowest BCUT2D eigenvalue weighted by molar-refractivity contribution is -0.385. The van der Waals surface area contributed by atoms with E-state index in [-0.39, 0.29) is 21.2 Å². The zero-order valence-corrected chi connectivity index (χ0v) is 15.4. The third kappa shape index (κ3) is 3.57. The fourth-order valence-corrected chi connectivity index (χ4v) is 4.19. The van der Waals surface area contributed by atoms with Gasteiger partial charge in [0.1, 0.15) is 5.92 Å². The molecule has 0 bridgehead atoms. The molecule has 1 saturated heterocycles. The van der Waals surface area contributed by atoms with Crippen LogP contribution in [0.3, 0.4) is 0 Å². The van der Waals surface area contributed by atoms with Gasteiger partial charge in [-0.05, 0) is 29.2 Å². The number of halogens is 3. The van der Waals surface area contributed by atoms with Crippen molar-refractivity contribution in [1.29, 1.82) is 0 Å². The summed E-state index contributed by atoms with van der Waals surface area (Å²) in [6.45, 7) is 0. The van der Waals surface area contributed by atoms with Gasteiger partial charge in [0.2, 0.25) is 5.78 Å². The molecule has 0 amide bonds. The number of benzene rings is 1. The number of thiophene rings is 1. The Bertz CT molecular complexity index is 935. The summed E-state index contributed by atoms with van der Waals surface area (Å²) in [5, 5.41) is 28.4. The van der Waals surface area contributed by atoms with Crippen LogP contribution in [-0.4, -0.2) is 27.1 Å². The van der Waals surface area contributed by atoms with Crippen molar-refractivity contribution in [3.8, 4) is 0 Å². The number of aliphatic hydroxyl groups is 1. The number of thiocarbonyl (C=S) groups is 1. The summed E-state index contributed by atoms with van der Waals surface area (Å²) in [5.74, 6) is -4.28. The predicted octanol–water partition coefficient (Wildman–Crippen LogP) is 2.77. The maximum Gasteiger partial charge on any atom is 0.450 e. The third-order valence-corrected chi connectivity index (χ3v) is 5.49. The van der Waals surface area contributed by atoms with E-state index < -0.39 is 34.6 Å². The first-order chi connectivity index (χ1) is 13.0. The molecule has 3 atom stereocenters. The number of hydrogen-bond donors (Lipinski definition) is 3. The Balaban J connectivity index is 2.18. The molecule has 0 spiro atoms. The van der Waals surface area contributed by atoms with Gasteiger partial charge in [-0.15, -0.1) is 11.3 Å². The Morgan fingerprint density at radius 3 is 2.61 bits per heavy atom. The van der Waals surface area contributed by atoms with E-state index in [1.165, 1.54) is 29.6 Å². The van der Waals surface area contributed by atoms with Gasteiger partial charge in [-0.1, -0.05) is 18.2 Å². The van der Waals surface area contributed by atoms with E-state index in [1.54, 1.807) is 0 Å². The normalized spacial score (nSPS) is 24.9. The summed E-state index contributed by atoms with van der Waals surface area (Å²) in [4.78, 5) is 22.7. The van der Waals surface area contributed by atoms with Crippen LogP contribution in [0.4, 0.5) is 18.9 Å². The lowest BCUT2D eigenvalue weighted by Gasteiger charge is -2.45. The molecule has 1 aliphatic heterocycles. The van der Waals surface area contributed by atoms with Crippen LogP contribution in [0.5, 0.6) is 0 Å². The van der Waals surface area contributed by atoms with Crippen molar-refractivity contribution in [2.24, 2.45) is 5.92 Å². The van der Waals surface area contributed by atoms with E-state index >= 15 is 0 Å². The Hall–Kier alpha value is -2.57. The minimum Gasteiger partial charge on any atom is -0.366 e. The number of ketones is 1. The molecule has 0 aliphatic carbocycles. The van der Waals surface area contributed by atoms with Gasteiger partial charge in [-0.2, -0.15) is 13.2 Å². The number of rotatable bonds is 4. The predicted molar refractivity (Wildman–Crippen MR) is 97.5 cm³/mol. The molecule has 148 valence electrons. The Kier molecular flexibility index (Phi) is 5.12. The lowest BCUT2D eigenvalue weighted by atomic mass is 9.78. The van der Waals surface area contributed by atoms with E-state index in [2.05, 4.69) is 10.6 Å². The van der Waals surface area contributed by atoms with Crippen LogP contribution >= 0.6 is 23.6 Å². The number of carbonyl (C=O) groups excluding carboxylic acids is 1. The van der Waals surface area contributed by atoms with E-state index in [4.69, 9.17) is 12.2 Å². The minimum atomic E-state index is -5.25. The van der Waals surface area contributed by atoms with Gasteiger partial charge in [0.15, 0.2) is 10.8 Å². The number of carbonyl (C=O) groups is 1. The average molecular weight is 431 g/mol. The highest BCUT2D eigenvalue weighted by Gasteiger charge is 2.59. The highest BCUT2D eigenvalue weighted by molar-refractivity contribution is 7.80. The molecule has 2 aromatic rings. The first-order valence-electron chi connectivity index (χ1n) is 7.74. The maximum absolute atomic E-state index is 13.4. The van der Waals surface area contributed by atoms with Crippen LogP contribution in [0.15, 0.2) is 41.8 Å². The first-order valence-corrected chi connectivity index (χ1v) is 9.03. The monoisotopic (exact) mass is 431 g/mol. The fourth-order valence-electron chi connectivity index (χ4n) is 3.09. The zero-order valence-electron chi connectivity index (χ0n) is 13.8. The van der Waals surface area contributed by atoms with Gasteiger partial charge < -0.3 is 15.7 Å². The summed E-state index contributed by atoms with van der Waals surface area (Å²) in [6, 6.07) is 6.22. The van der Waals surface area contributed by atoms with Crippen molar-refractivity contribution >= 4 is 40.1 Å². The van der Waals surface area contributed by atoms with Crippen LogP contribution in [0.25, 0.3) is 0 Å². The van der Waals surface area contributed by atoms with Crippen molar-refractivity contribution < 1.29 is 28.0 Å². The lowest BCUT2D eigenvalue weighted by Crippen LogP contribution is -2.66. The first kappa shape index (κ1) is 20.2. The highest BCUT2D eigenvalue weighted by atomic mass is 32.1. The van der Waals surface area contributed by atoms with Gasteiger partial charge in [0, 0.05) is 12.1 Å². The molecule has 2 heterocycles. The molecule has 1 aromatic carbocycles. The smallest absolute Gasteiger partial charge is 0.366 e. The molecule has 12 heteroatoms. The molecule has 1 fully saturated rings. The SMILES string of the molecule is O=C(C1C(c2cccc([N+](=O)[O-])c2)NC(=S)NC1(O)c1cccs1)C(F)(F)F. The number of alkyl halides is 3. The molecule has 7 nitrogen and oxygen atoms in total. The molecule has 3 rings (SSSR count). The Labute approximate surface area is 165 Å². The number of hydrogen-bond acceptors (Lipinski definition) is 6. The van der Waals surface area contributed by atoms with Crippen molar-refractivity contribution in [2.75, 3.05) is 0 Å². The van der Waals surface area contributed by atoms with E-state index in [0.29, 0.717) is 0 Å². The van der Waals surface area contributed by atoms with Crippen LogP contribution in [0.1, 0.15) is 16.5 Å².